The third kappa shape index (κ3) is 7.03. The molecule has 0 radical (unpaired) electrons. The molecule has 12 heteroatoms. The number of likely N-dealkylation sites (tertiary alicyclic amines) is 6. The van der Waals surface area contributed by atoms with E-state index in [0.29, 0.717) is 51.4 Å². The minimum Gasteiger partial charge on any atom is -0.389 e. The van der Waals surface area contributed by atoms with Gasteiger partial charge >= 0.3 is 0 Å². The summed E-state index contributed by atoms with van der Waals surface area (Å²) >= 11 is 0. The first-order valence-corrected chi connectivity index (χ1v) is 17.9. The van der Waals surface area contributed by atoms with Crippen LogP contribution in [-0.4, -0.2) is 197 Å². The van der Waals surface area contributed by atoms with E-state index in [9.17, 15) is 23.4 Å². The first kappa shape index (κ1) is 35.3. The molecule has 266 valence electrons. The summed E-state index contributed by atoms with van der Waals surface area (Å²) in [5.74, 6) is 0. The zero-order chi connectivity index (χ0) is 33.2. The average molecular weight is 659 g/mol. The van der Waals surface area contributed by atoms with Gasteiger partial charge in [0.1, 0.15) is 24.6 Å². The van der Waals surface area contributed by atoms with Gasteiger partial charge in [-0.15, -0.1) is 0 Å². The summed E-state index contributed by atoms with van der Waals surface area (Å²) in [5.41, 5.74) is 0.00271. The molecule has 0 aromatic rings. The van der Waals surface area contributed by atoms with Crippen molar-refractivity contribution in [3.63, 3.8) is 0 Å². The van der Waals surface area contributed by atoms with Gasteiger partial charge in [0.25, 0.3) is 0 Å². The maximum Gasteiger partial charge on any atom is 0.140 e. The number of hydrogen-bond donors (Lipinski definition) is 2. The van der Waals surface area contributed by atoms with Gasteiger partial charge in [-0.1, -0.05) is 0 Å². The molecular weight excluding hydrogens is 597 g/mol. The maximum atomic E-state index is 14.3. The van der Waals surface area contributed by atoms with Crippen molar-refractivity contribution in [1.29, 1.82) is 0 Å². The summed E-state index contributed by atoms with van der Waals surface area (Å²) in [7, 11) is 1.60. The molecule has 6 saturated heterocycles. The Kier molecular flexibility index (Phi) is 10.2. The molecule has 9 nitrogen and oxygen atoms in total. The quantitative estimate of drug-likeness (QED) is 0.308. The number of β-amino-alcohol motifs (C(OH)–C–C–N with tert-alkyl or cyclic N) is 2. The van der Waals surface area contributed by atoms with Gasteiger partial charge in [0.05, 0.1) is 12.2 Å². The van der Waals surface area contributed by atoms with E-state index in [1.165, 1.54) is 0 Å². The number of alkyl halides is 3. The number of rotatable bonds is 13. The van der Waals surface area contributed by atoms with Crippen molar-refractivity contribution in [2.75, 3.05) is 85.6 Å². The highest BCUT2D eigenvalue weighted by atomic mass is 19.1. The van der Waals surface area contributed by atoms with E-state index in [1.807, 2.05) is 0 Å². The minimum absolute atomic E-state index is 0.000276. The lowest BCUT2D eigenvalue weighted by molar-refractivity contribution is -0.0707. The van der Waals surface area contributed by atoms with Crippen molar-refractivity contribution < 1.29 is 28.1 Å². The van der Waals surface area contributed by atoms with E-state index >= 15 is 0 Å². The van der Waals surface area contributed by atoms with E-state index in [-0.39, 0.29) is 28.8 Å². The molecule has 6 rings (SSSR count). The molecule has 6 aliphatic rings. The molecule has 6 heterocycles. The van der Waals surface area contributed by atoms with Crippen molar-refractivity contribution >= 4 is 0 Å². The van der Waals surface area contributed by atoms with Crippen LogP contribution in [0.1, 0.15) is 60.3 Å². The standard InChI is InChI=1S/C34H61F3N6O3/c1-32(2,41-11-23(12-41)38-17-26(35)29(44)20-38)7-9-34(5,43-15-25(16-43)39-18-27(36)30(45)21-39)10-8-33(3,4)42-13-24(14-42)40-19-28(37)31(22-40)46-6/h23-31,44-45H,7-22H2,1-6H3/t26-,27-,28-,29-,30+,31-,34?/m0/s1. The fourth-order valence-corrected chi connectivity index (χ4v) is 8.82. The topological polar surface area (TPSA) is 69.1 Å². The van der Waals surface area contributed by atoms with Crippen molar-refractivity contribution in [1.82, 2.24) is 29.4 Å². The van der Waals surface area contributed by atoms with Crippen LogP contribution < -0.4 is 0 Å². The van der Waals surface area contributed by atoms with E-state index in [0.717, 1.165) is 65.0 Å². The van der Waals surface area contributed by atoms with Gasteiger partial charge in [-0.3, -0.25) is 29.4 Å². The Bertz CT molecular complexity index is 1020. The molecule has 0 aromatic heterocycles. The number of aliphatic hydroxyl groups is 2. The Morgan fingerprint density at radius 1 is 0.522 bits per heavy atom. The van der Waals surface area contributed by atoms with Crippen LogP contribution in [0.15, 0.2) is 0 Å². The third-order valence-electron chi connectivity index (χ3n) is 13.2. The van der Waals surface area contributed by atoms with Gasteiger partial charge in [0.2, 0.25) is 0 Å². The first-order chi connectivity index (χ1) is 21.6. The maximum absolute atomic E-state index is 14.3. The van der Waals surface area contributed by atoms with Gasteiger partial charge < -0.3 is 14.9 Å². The summed E-state index contributed by atoms with van der Waals surface area (Å²) in [4.78, 5) is 14.2. The second-order valence-electron chi connectivity index (χ2n) is 17.1. The van der Waals surface area contributed by atoms with Gasteiger partial charge in [-0.2, -0.15) is 0 Å². The summed E-state index contributed by atoms with van der Waals surface area (Å²) in [6, 6.07) is 0.982. The Morgan fingerprint density at radius 3 is 1.24 bits per heavy atom. The Labute approximate surface area is 275 Å². The van der Waals surface area contributed by atoms with Crippen LogP contribution in [0.3, 0.4) is 0 Å². The van der Waals surface area contributed by atoms with E-state index in [4.69, 9.17) is 4.74 Å². The first-order valence-electron chi connectivity index (χ1n) is 17.9. The summed E-state index contributed by atoms with van der Waals surface area (Å²) in [5, 5.41) is 19.9. The molecule has 0 bridgehead atoms. The van der Waals surface area contributed by atoms with Crippen LogP contribution in [0.4, 0.5) is 13.2 Å². The molecule has 7 atom stereocenters. The number of aliphatic hydroxyl groups excluding tert-OH is 2. The predicted molar refractivity (Wildman–Crippen MR) is 173 cm³/mol. The lowest BCUT2D eigenvalue weighted by Gasteiger charge is -2.57. The molecule has 0 aromatic carbocycles. The van der Waals surface area contributed by atoms with Crippen LogP contribution in [-0.2, 0) is 4.74 Å². The van der Waals surface area contributed by atoms with Crippen LogP contribution in [0.2, 0.25) is 0 Å². The Hall–Kier alpha value is -0.570. The Morgan fingerprint density at radius 2 is 0.891 bits per heavy atom. The highest BCUT2D eigenvalue weighted by molar-refractivity contribution is 5.06. The van der Waals surface area contributed by atoms with E-state index in [2.05, 4.69) is 64.0 Å². The second kappa shape index (κ2) is 13.3. The number of hydrogen-bond acceptors (Lipinski definition) is 9. The fourth-order valence-electron chi connectivity index (χ4n) is 8.82. The van der Waals surface area contributed by atoms with Crippen molar-refractivity contribution in [3.05, 3.63) is 0 Å². The smallest absolute Gasteiger partial charge is 0.140 e. The number of methoxy groups -OCH3 is 1. The Balaban J connectivity index is 1.04. The van der Waals surface area contributed by atoms with Crippen LogP contribution in [0.25, 0.3) is 0 Å². The largest absolute Gasteiger partial charge is 0.389 e. The normalized spacial score (nSPS) is 37.1. The van der Waals surface area contributed by atoms with Crippen molar-refractivity contribution in [2.24, 2.45) is 0 Å². The molecule has 0 spiro atoms. The van der Waals surface area contributed by atoms with Gasteiger partial charge in [0, 0.05) is 120 Å². The zero-order valence-corrected chi connectivity index (χ0v) is 29.1. The summed E-state index contributed by atoms with van der Waals surface area (Å²) in [6.45, 7) is 19.9. The highest BCUT2D eigenvalue weighted by Crippen LogP contribution is 2.41. The van der Waals surface area contributed by atoms with Gasteiger partial charge in [-0.05, 0) is 60.3 Å². The highest BCUT2D eigenvalue weighted by Gasteiger charge is 2.50. The average Bonchev–Trinajstić information content (AvgIpc) is 3.54. The van der Waals surface area contributed by atoms with Crippen LogP contribution in [0.5, 0.6) is 0 Å². The summed E-state index contributed by atoms with van der Waals surface area (Å²) in [6.07, 6.45) is -1.08. The SMILES string of the molecule is CO[C@H]1CN(C2CN(C(C)(C)CCC(C)(CCC(C)(C)N3CC(N4C[C@H](O)[C@@H](F)C4)C3)N3CC(N4C[C@@H](O)[C@@H](F)C4)C3)C2)C[C@@H]1F. The molecule has 0 amide bonds. The van der Waals surface area contributed by atoms with E-state index in [1.54, 1.807) is 7.11 Å². The second-order valence-corrected chi connectivity index (χ2v) is 17.1. The lowest BCUT2D eigenvalue weighted by atomic mass is 9.77. The molecule has 6 fully saturated rings. The third-order valence-corrected chi connectivity index (χ3v) is 13.2. The predicted octanol–water partition coefficient (Wildman–Crippen LogP) is 1.61. The van der Waals surface area contributed by atoms with Crippen LogP contribution >= 0.6 is 0 Å². The molecule has 0 aliphatic carbocycles. The summed E-state index contributed by atoms with van der Waals surface area (Å²) < 4.78 is 47.7. The molecule has 46 heavy (non-hydrogen) atoms. The number of nitrogens with zero attached hydrogens (tertiary/aromatic N) is 6. The van der Waals surface area contributed by atoms with Gasteiger partial charge in [-0.25, -0.2) is 13.2 Å². The monoisotopic (exact) mass is 658 g/mol. The zero-order valence-electron chi connectivity index (χ0n) is 29.1. The molecular formula is C34H61F3N6O3. The van der Waals surface area contributed by atoms with E-state index < -0.39 is 30.7 Å². The molecule has 1 unspecified atom stereocenters. The fraction of sp³-hybridized carbons (Fsp3) is 1.00. The number of halogens is 3. The van der Waals surface area contributed by atoms with Crippen molar-refractivity contribution in [2.45, 2.75) is 132 Å². The van der Waals surface area contributed by atoms with Crippen molar-refractivity contribution in [3.8, 4) is 0 Å². The van der Waals surface area contributed by atoms with Crippen LogP contribution in [0, 0.1) is 0 Å². The lowest BCUT2D eigenvalue weighted by Crippen LogP contribution is -2.68. The molecule has 2 N–H and O–H groups in total. The molecule has 0 saturated carbocycles. The van der Waals surface area contributed by atoms with Gasteiger partial charge in [0.15, 0.2) is 0 Å². The minimum atomic E-state index is -1.15. The molecule has 6 aliphatic heterocycles. The number of ether oxygens (including phenoxy) is 1.